The summed E-state index contributed by atoms with van der Waals surface area (Å²) < 4.78 is 6.20. The van der Waals surface area contributed by atoms with Crippen LogP contribution in [0.1, 0.15) is 43.0 Å². The summed E-state index contributed by atoms with van der Waals surface area (Å²) in [6, 6.07) is 12.5. The maximum Gasteiger partial charge on any atom is 0.131 e. The molecule has 2 aromatic rings. The van der Waals surface area contributed by atoms with Crippen molar-refractivity contribution < 1.29 is 4.74 Å². The lowest BCUT2D eigenvalue weighted by molar-refractivity contribution is 0.452. The van der Waals surface area contributed by atoms with E-state index in [2.05, 4.69) is 58.9 Å². The molecular formula is C19H23ClO. The Hall–Kier alpha value is -1.47. The Kier molecular flexibility index (Phi) is 4.63. The Morgan fingerprint density at radius 3 is 2.24 bits per heavy atom. The first kappa shape index (κ1) is 15.9. The monoisotopic (exact) mass is 302 g/mol. The average Bonchev–Trinajstić information content (AvgIpc) is 2.39. The fraction of sp³-hybridized carbons (Fsp3) is 0.368. The molecule has 0 aliphatic carbocycles. The van der Waals surface area contributed by atoms with Crippen LogP contribution < -0.4 is 4.74 Å². The lowest BCUT2D eigenvalue weighted by Crippen LogP contribution is -2.12. The molecule has 2 aromatic carbocycles. The van der Waals surface area contributed by atoms with Gasteiger partial charge in [0.1, 0.15) is 11.5 Å². The minimum atomic E-state index is 0.0486. The number of halogens is 1. The Labute approximate surface area is 132 Å². The highest BCUT2D eigenvalue weighted by molar-refractivity contribution is 6.17. The van der Waals surface area contributed by atoms with E-state index in [9.17, 15) is 0 Å². The van der Waals surface area contributed by atoms with Crippen LogP contribution in [0.4, 0.5) is 0 Å². The molecule has 0 aliphatic heterocycles. The lowest BCUT2D eigenvalue weighted by Gasteiger charge is -2.23. The topological polar surface area (TPSA) is 9.23 Å². The third kappa shape index (κ3) is 3.79. The molecule has 0 heterocycles. The number of ether oxygens (including phenoxy) is 1. The second kappa shape index (κ2) is 6.11. The van der Waals surface area contributed by atoms with Gasteiger partial charge in [-0.25, -0.2) is 0 Å². The lowest BCUT2D eigenvalue weighted by atomic mass is 9.86. The highest BCUT2D eigenvalue weighted by Gasteiger charge is 2.19. The molecule has 2 rings (SSSR count). The normalized spacial score (nSPS) is 11.5. The molecule has 0 spiro atoms. The Morgan fingerprint density at radius 2 is 1.67 bits per heavy atom. The van der Waals surface area contributed by atoms with Gasteiger partial charge in [-0.1, -0.05) is 45.0 Å². The van der Waals surface area contributed by atoms with E-state index >= 15 is 0 Å². The number of aryl methyl sites for hydroxylation is 2. The number of alkyl halides is 1. The van der Waals surface area contributed by atoms with Gasteiger partial charge in [0.2, 0.25) is 0 Å². The van der Waals surface area contributed by atoms with Crippen molar-refractivity contribution in [1.82, 2.24) is 0 Å². The highest BCUT2D eigenvalue weighted by atomic mass is 35.5. The number of hydrogen-bond acceptors (Lipinski definition) is 1. The fourth-order valence-corrected chi connectivity index (χ4v) is 2.53. The first-order valence-electron chi connectivity index (χ1n) is 7.26. The zero-order chi connectivity index (χ0) is 15.6. The number of rotatable bonds is 3. The summed E-state index contributed by atoms with van der Waals surface area (Å²) in [6.45, 7) is 10.7. The highest BCUT2D eigenvalue weighted by Crippen LogP contribution is 2.36. The molecule has 0 aliphatic rings. The van der Waals surface area contributed by atoms with Crippen LogP contribution in [0.5, 0.6) is 11.5 Å². The van der Waals surface area contributed by atoms with Gasteiger partial charge < -0.3 is 4.74 Å². The van der Waals surface area contributed by atoms with E-state index in [1.165, 1.54) is 11.1 Å². The zero-order valence-corrected chi connectivity index (χ0v) is 14.2. The van der Waals surface area contributed by atoms with Crippen LogP contribution in [0.2, 0.25) is 0 Å². The quantitative estimate of drug-likeness (QED) is 0.619. The van der Waals surface area contributed by atoms with Gasteiger partial charge in [0.05, 0.1) is 0 Å². The van der Waals surface area contributed by atoms with Crippen LogP contribution in [0.15, 0.2) is 36.4 Å². The second-order valence-corrected chi connectivity index (χ2v) is 6.85. The third-order valence-corrected chi connectivity index (χ3v) is 3.87. The van der Waals surface area contributed by atoms with Gasteiger partial charge in [-0.15, -0.1) is 11.6 Å². The molecule has 0 amide bonds. The van der Waals surface area contributed by atoms with Crippen molar-refractivity contribution in [2.24, 2.45) is 0 Å². The maximum atomic E-state index is 6.20. The first-order chi connectivity index (χ1) is 9.81. The van der Waals surface area contributed by atoms with Crippen molar-refractivity contribution in [2.45, 2.75) is 45.9 Å². The van der Waals surface area contributed by atoms with Crippen LogP contribution in [0.25, 0.3) is 0 Å². The summed E-state index contributed by atoms with van der Waals surface area (Å²) in [5.74, 6) is 2.35. The van der Waals surface area contributed by atoms with Crippen molar-refractivity contribution in [3.63, 3.8) is 0 Å². The summed E-state index contributed by atoms with van der Waals surface area (Å²) in [7, 11) is 0. The van der Waals surface area contributed by atoms with E-state index in [4.69, 9.17) is 16.3 Å². The molecular weight excluding hydrogens is 280 g/mol. The van der Waals surface area contributed by atoms with Crippen molar-refractivity contribution in [3.8, 4) is 11.5 Å². The van der Waals surface area contributed by atoms with Crippen molar-refractivity contribution >= 4 is 11.6 Å². The number of benzene rings is 2. The second-order valence-electron chi connectivity index (χ2n) is 6.59. The first-order valence-corrected chi connectivity index (χ1v) is 7.79. The zero-order valence-electron chi connectivity index (χ0n) is 13.5. The SMILES string of the molecule is Cc1ccc(C(C)(C)C)c(Oc2ccc(CCl)cc2C)c1. The van der Waals surface area contributed by atoms with Gasteiger partial charge >= 0.3 is 0 Å². The van der Waals surface area contributed by atoms with Gasteiger partial charge in [-0.3, -0.25) is 0 Å². The summed E-state index contributed by atoms with van der Waals surface area (Å²) in [4.78, 5) is 0. The minimum absolute atomic E-state index is 0.0486. The van der Waals surface area contributed by atoms with E-state index in [1.54, 1.807) is 0 Å². The van der Waals surface area contributed by atoms with Gasteiger partial charge in [-0.2, -0.15) is 0 Å². The van der Waals surface area contributed by atoms with Gasteiger partial charge in [0, 0.05) is 11.4 Å². The van der Waals surface area contributed by atoms with Crippen molar-refractivity contribution in [3.05, 3.63) is 58.7 Å². The predicted molar refractivity (Wildman–Crippen MR) is 90.7 cm³/mol. The van der Waals surface area contributed by atoms with E-state index in [-0.39, 0.29) is 5.41 Å². The molecule has 0 radical (unpaired) electrons. The number of hydrogen-bond donors (Lipinski definition) is 0. The van der Waals surface area contributed by atoms with E-state index in [1.807, 2.05) is 12.1 Å². The maximum absolute atomic E-state index is 6.20. The van der Waals surface area contributed by atoms with Gasteiger partial charge in [0.15, 0.2) is 0 Å². The standard InChI is InChI=1S/C19H23ClO/c1-13-6-8-16(19(3,4)5)18(10-13)21-17-9-7-15(12-20)11-14(17)2/h6-11H,12H2,1-5H3. The van der Waals surface area contributed by atoms with Crippen LogP contribution in [0, 0.1) is 13.8 Å². The smallest absolute Gasteiger partial charge is 0.131 e. The van der Waals surface area contributed by atoms with Crippen LogP contribution >= 0.6 is 11.6 Å². The summed E-state index contributed by atoms with van der Waals surface area (Å²) in [5.41, 5.74) is 4.69. The van der Waals surface area contributed by atoms with Gasteiger partial charge in [-0.05, 0) is 48.1 Å². The van der Waals surface area contributed by atoms with E-state index in [0.717, 1.165) is 22.6 Å². The van der Waals surface area contributed by atoms with Gasteiger partial charge in [0.25, 0.3) is 0 Å². The molecule has 0 atom stereocenters. The molecule has 112 valence electrons. The van der Waals surface area contributed by atoms with E-state index < -0.39 is 0 Å². The summed E-state index contributed by atoms with van der Waals surface area (Å²) in [6.07, 6.45) is 0. The Balaban J connectivity index is 2.41. The van der Waals surface area contributed by atoms with Crippen LogP contribution in [-0.4, -0.2) is 0 Å². The molecule has 0 saturated heterocycles. The van der Waals surface area contributed by atoms with Crippen molar-refractivity contribution in [2.75, 3.05) is 0 Å². The third-order valence-electron chi connectivity index (χ3n) is 3.56. The molecule has 1 nitrogen and oxygen atoms in total. The molecule has 0 saturated carbocycles. The average molecular weight is 303 g/mol. The molecule has 0 fully saturated rings. The molecule has 21 heavy (non-hydrogen) atoms. The molecule has 0 N–H and O–H groups in total. The van der Waals surface area contributed by atoms with Crippen LogP contribution in [0.3, 0.4) is 0 Å². The largest absolute Gasteiger partial charge is 0.457 e. The molecule has 0 aromatic heterocycles. The Morgan fingerprint density at radius 1 is 0.952 bits per heavy atom. The van der Waals surface area contributed by atoms with Crippen LogP contribution in [-0.2, 0) is 11.3 Å². The molecule has 2 heteroatoms. The molecule has 0 unspecified atom stereocenters. The minimum Gasteiger partial charge on any atom is -0.457 e. The summed E-state index contributed by atoms with van der Waals surface area (Å²) in [5, 5.41) is 0. The van der Waals surface area contributed by atoms with Crippen molar-refractivity contribution in [1.29, 1.82) is 0 Å². The Bertz CT molecular complexity index is 638. The fourth-order valence-electron chi connectivity index (χ4n) is 2.36. The predicted octanol–water partition coefficient (Wildman–Crippen LogP) is 6.13. The summed E-state index contributed by atoms with van der Waals surface area (Å²) >= 11 is 5.88. The van der Waals surface area contributed by atoms with E-state index in [0.29, 0.717) is 5.88 Å². The molecule has 0 bridgehead atoms.